The SMILES string of the molecule is N#Cc1ccc(-c2ccccn2)nc1SCc1ccc([N+](=O)[O-])cc1. The van der Waals surface area contributed by atoms with E-state index in [2.05, 4.69) is 16.0 Å². The first-order valence-electron chi connectivity index (χ1n) is 7.36. The number of nitriles is 1. The van der Waals surface area contributed by atoms with Gasteiger partial charge in [-0.05, 0) is 29.8 Å². The summed E-state index contributed by atoms with van der Waals surface area (Å²) in [6, 6.07) is 17.6. The summed E-state index contributed by atoms with van der Waals surface area (Å²) in [6.45, 7) is 0. The van der Waals surface area contributed by atoms with Gasteiger partial charge in [-0.2, -0.15) is 5.26 Å². The molecule has 3 rings (SSSR count). The molecule has 1 aromatic carbocycles. The van der Waals surface area contributed by atoms with E-state index >= 15 is 0 Å². The molecule has 7 heteroatoms. The number of nitro groups is 1. The van der Waals surface area contributed by atoms with Crippen molar-refractivity contribution >= 4 is 17.4 Å². The Hall–Kier alpha value is -3.24. The lowest BCUT2D eigenvalue weighted by molar-refractivity contribution is -0.384. The second kappa shape index (κ2) is 7.55. The largest absolute Gasteiger partial charge is 0.269 e. The molecule has 0 atom stereocenters. The van der Waals surface area contributed by atoms with E-state index in [9.17, 15) is 15.4 Å². The molecule has 0 radical (unpaired) electrons. The molecule has 0 bridgehead atoms. The fraction of sp³-hybridized carbons (Fsp3) is 0.0556. The molecule has 0 aliphatic rings. The van der Waals surface area contributed by atoms with Gasteiger partial charge in [-0.15, -0.1) is 11.8 Å². The molecule has 25 heavy (non-hydrogen) atoms. The van der Waals surface area contributed by atoms with Gasteiger partial charge in [-0.1, -0.05) is 18.2 Å². The first-order valence-corrected chi connectivity index (χ1v) is 8.34. The molecule has 2 heterocycles. The van der Waals surface area contributed by atoms with Gasteiger partial charge in [0, 0.05) is 24.1 Å². The molecule has 0 unspecified atom stereocenters. The summed E-state index contributed by atoms with van der Waals surface area (Å²) in [5.74, 6) is 0.561. The van der Waals surface area contributed by atoms with Gasteiger partial charge < -0.3 is 0 Å². The van der Waals surface area contributed by atoms with Crippen LogP contribution in [0.25, 0.3) is 11.4 Å². The highest BCUT2D eigenvalue weighted by Gasteiger charge is 2.10. The Morgan fingerprint density at radius 3 is 2.52 bits per heavy atom. The zero-order chi connectivity index (χ0) is 17.6. The standard InChI is InChI=1S/C18H12N4O2S/c19-11-14-6-9-17(16-3-1-2-10-20-16)21-18(14)25-12-13-4-7-15(8-5-13)22(23)24/h1-10H,12H2. The van der Waals surface area contributed by atoms with Crippen molar-refractivity contribution in [2.45, 2.75) is 10.8 Å². The molecule has 0 saturated carbocycles. The molecular formula is C18H12N4O2S. The number of pyridine rings is 2. The van der Waals surface area contributed by atoms with Crippen LogP contribution >= 0.6 is 11.8 Å². The second-order valence-electron chi connectivity index (χ2n) is 5.09. The zero-order valence-electron chi connectivity index (χ0n) is 13.0. The van der Waals surface area contributed by atoms with Crippen LogP contribution < -0.4 is 0 Å². The fourth-order valence-corrected chi connectivity index (χ4v) is 3.09. The van der Waals surface area contributed by atoms with Gasteiger partial charge in [0.2, 0.25) is 0 Å². The van der Waals surface area contributed by atoms with E-state index in [-0.39, 0.29) is 5.69 Å². The molecule has 3 aromatic rings. The monoisotopic (exact) mass is 348 g/mol. The Balaban J connectivity index is 1.81. The summed E-state index contributed by atoms with van der Waals surface area (Å²) in [4.78, 5) is 19.1. The van der Waals surface area contributed by atoms with E-state index in [0.29, 0.717) is 22.0 Å². The summed E-state index contributed by atoms with van der Waals surface area (Å²) >= 11 is 1.42. The number of rotatable bonds is 5. The topological polar surface area (TPSA) is 92.7 Å². The zero-order valence-corrected chi connectivity index (χ0v) is 13.8. The van der Waals surface area contributed by atoms with Crippen molar-refractivity contribution in [3.05, 3.63) is 82.0 Å². The minimum absolute atomic E-state index is 0.0572. The summed E-state index contributed by atoms with van der Waals surface area (Å²) in [5.41, 5.74) is 2.91. The van der Waals surface area contributed by atoms with Crippen molar-refractivity contribution in [1.29, 1.82) is 5.26 Å². The Morgan fingerprint density at radius 1 is 1.08 bits per heavy atom. The molecule has 6 nitrogen and oxygen atoms in total. The average Bonchev–Trinajstić information content (AvgIpc) is 2.67. The van der Waals surface area contributed by atoms with Crippen LogP contribution in [0.4, 0.5) is 5.69 Å². The Morgan fingerprint density at radius 2 is 1.88 bits per heavy atom. The maximum atomic E-state index is 10.7. The van der Waals surface area contributed by atoms with Crippen LogP contribution in [0.15, 0.2) is 65.8 Å². The van der Waals surface area contributed by atoms with E-state index in [1.165, 1.54) is 23.9 Å². The Bertz CT molecular complexity index is 938. The number of hydrogen-bond acceptors (Lipinski definition) is 6. The van der Waals surface area contributed by atoms with Crippen LogP contribution in [0.2, 0.25) is 0 Å². The highest BCUT2D eigenvalue weighted by Crippen LogP contribution is 2.27. The van der Waals surface area contributed by atoms with E-state index < -0.39 is 4.92 Å². The minimum Gasteiger partial charge on any atom is -0.258 e. The number of nitro benzene ring substituents is 1. The number of thioether (sulfide) groups is 1. The molecule has 2 aromatic heterocycles. The molecule has 0 fully saturated rings. The molecule has 0 spiro atoms. The Kier molecular flexibility index (Phi) is 5.02. The maximum Gasteiger partial charge on any atom is 0.269 e. The molecule has 0 saturated heterocycles. The van der Waals surface area contributed by atoms with Gasteiger partial charge in [0.15, 0.2) is 0 Å². The van der Waals surface area contributed by atoms with E-state index in [1.54, 1.807) is 30.5 Å². The van der Waals surface area contributed by atoms with Crippen LogP contribution in [0.5, 0.6) is 0 Å². The van der Waals surface area contributed by atoms with Crippen molar-refractivity contribution in [2.75, 3.05) is 0 Å². The van der Waals surface area contributed by atoms with Crippen LogP contribution in [0.1, 0.15) is 11.1 Å². The Labute approximate surface area is 148 Å². The van der Waals surface area contributed by atoms with E-state index in [1.807, 2.05) is 18.2 Å². The fourth-order valence-electron chi connectivity index (χ4n) is 2.16. The number of non-ortho nitro benzene ring substituents is 1. The highest BCUT2D eigenvalue weighted by atomic mass is 32.2. The molecule has 0 amide bonds. The predicted octanol–water partition coefficient (Wildman–Crippen LogP) is 4.22. The third-order valence-corrected chi connectivity index (χ3v) is 4.49. The van der Waals surface area contributed by atoms with Gasteiger partial charge in [-0.25, -0.2) is 4.98 Å². The van der Waals surface area contributed by atoms with Gasteiger partial charge in [0.1, 0.15) is 11.1 Å². The lowest BCUT2D eigenvalue weighted by atomic mass is 10.2. The molecular weight excluding hydrogens is 336 g/mol. The summed E-state index contributed by atoms with van der Waals surface area (Å²) < 4.78 is 0. The van der Waals surface area contributed by atoms with Crippen molar-refractivity contribution in [3.63, 3.8) is 0 Å². The smallest absolute Gasteiger partial charge is 0.258 e. The molecule has 0 aliphatic carbocycles. The highest BCUT2D eigenvalue weighted by molar-refractivity contribution is 7.98. The number of aromatic nitrogens is 2. The third-order valence-electron chi connectivity index (χ3n) is 3.43. The number of benzene rings is 1. The van der Waals surface area contributed by atoms with Crippen molar-refractivity contribution in [2.24, 2.45) is 0 Å². The maximum absolute atomic E-state index is 10.7. The normalized spacial score (nSPS) is 10.2. The molecule has 122 valence electrons. The lowest BCUT2D eigenvalue weighted by Gasteiger charge is -2.06. The number of hydrogen-bond donors (Lipinski definition) is 0. The third kappa shape index (κ3) is 4.00. The van der Waals surface area contributed by atoms with Crippen molar-refractivity contribution < 1.29 is 4.92 Å². The molecule has 0 aliphatic heterocycles. The van der Waals surface area contributed by atoms with Gasteiger partial charge in [0.25, 0.3) is 5.69 Å². The van der Waals surface area contributed by atoms with Crippen molar-refractivity contribution in [1.82, 2.24) is 9.97 Å². The van der Waals surface area contributed by atoms with E-state index in [4.69, 9.17) is 0 Å². The number of nitrogens with zero attached hydrogens (tertiary/aromatic N) is 4. The van der Waals surface area contributed by atoms with Gasteiger partial charge in [0.05, 0.1) is 21.9 Å². The second-order valence-corrected chi connectivity index (χ2v) is 6.05. The van der Waals surface area contributed by atoms with Gasteiger partial charge >= 0.3 is 0 Å². The summed E-state index contributed by atoms with van der Waals surface area (Å²) in [6.07, 6.45) is 1.69. The van der Waals surface area contributed by atoms with Crippen LogP contribution in [-0.2, 0) is 5.75 Å². The van der Waals surface area contributed by atoms with Gasteiger partial charge in [-0.3, -0.25) is 15.1 Å². The van der Waals surface area contributed by atoms with E-state index in [0.717, 1.165) is 11.3 Å². The summed E-state index contributed by atoms with van der Waals surface area (Å²) in [5, 5.41) is 20.6. The quantitative estimate of drug-likeness (QED) is 0.389. The van der Waals surface area contributed by atoms with Crippen molar-refractivity contribution in [3.8, 4) is 17.5 Å². The predicted molar refractivity (Wildman–Crippen MR) is 94.8 cm³/mol. The molecule has 0 N–H and O–H groups in total. The van der Waals surface area contributed by atoms with Crippen LogP contribution in [0.3, 0.4) is 0 Å². The van der Waals surface area contributed by atoms with Crippen LogP contribution in [-0.4, -0.2) is 14.9 Å². The minimum atomic E-state index is -0.428. The van der Waals surface area contributed by atoms with Crippen LogP contribution in [0, 0.1) is 21.4 Å². The first kappa shape index (κ1) is 16.6. The first-order chi connectivity index (χ1) is 12.2. The lowest BCUT2D eigenvalue weighted by Crippen LogP contribution is -1.93. The summed E-state index contributed by atoms with van der Waals surface area (Å²) in [7, 11) is 0. The average molecular weight is 348 g/mol.